The maximum atomic E-state index is 14.0. The number of benzene rings is 2. The second-order valence-corrected chi connectivity index (χ2v) is 6.81. The van der Waals surface area contributed by atoms with E-state index in [-0.39, 0.29) is 25.1 Å². The van der Waals surface area contributed by atoms with Crippen LogP contribution in [0, 0.1) is 11.7 Å². The molecule has 4 rings (SSSR count). The summed E-state index contributed by atoms with van der Waals surface area (Å²) in [6.07, 6.45) is 5.88. The molecule has 2 aromatic rings. The second kappa shape index (κ2) is 7.92. The van der Waals surface area contributed by atoms with E-state index in [2.05, 4.69) is 6.08 Å². The van der Waals surface area contributed by atoms with E-state index in [1.807, 2.05) is 36.4 Å². The van der Waals surface area contributed by atoms with E-state index in [9.17, 15) is 9.18 Å². The minimum Gasteiger partial charge on any atom is -0.460 e. The molecule has 0 saturated heterocycles. The molecule has 0 fully saturated rings. The lowest BCUT2D eigenvalue weighted by molar-refractivity contribution is -0.150. The molecule has 1 heterocycles. The number of carbonyl (C=O) groups excluding carboxylic acids is 1. The zero-order valence-electron chi connectivity index (χ0n) is 14.9. The SMILES string of the molecule is O=C(OCc1cc(F)cc2c1O[C@H](c1ccccc1)OC2)[C@H]1CC=CCC1. The van der Waals surface area contributed by atoms with Crippen molar-refractivity contribution in [2.75, 3.05) is 0 Å². The van der Waals surface area contributed by atoms with Crippen LogP contribution in [0.3, 0.4) is 0 Å². The van der Waals surface area contributed by atoms with Gasteiger partial charge >= 0.3 is 5.97 Å². The molecule has 2 atom stereocenters. The Morgan fingerprint density at radius 2 is 2.04 bits per heavy atom. The lowest BCUT2D eigenvalue weighted by atomic mass is 9.95. The second-order valence-electron chi connectivity index (χ2n) is 6.81. The van der Waals surface area contributed by atoms with E-state index < -0.39 is 12.1 Å². The maximum absolute atomic E-state index is 14.0. The quantitative estimate of drug-likeness (QED) is 0.573. The summed E-state index contributed by atoms with van der Waals surface area (Å²) in [4.78, 5) is 12.3. The van der Waals surface area contributed by atoms with Gasteiger partial charge in [-0.15, -0.1) is 0 Å². The van der Waals surface area contributed by atoms with Gasteiger partial charge in [-0.2, -0.15) is 0 Å². The van der Waals surface area contributed by atoms with Crippen LogP contribution in [0.15, 0.2) is 54.6 Å². The highest BCUT2D eigenvalue weighted by atomic mass is 19.1. The molecular formula is C22H21FO4. The first-order valence-corrected chi connectivity index (χ1v) is 9.17. The molecule has 2 aromatic carbocycles. The predicted molar refractivity (Wildman–Crippen MR) is 97.3 cm³/mol. The molecule has 0 radical (unpaired) electrons. The van der Waals surface area contributed by atoms with Gasteiger partial charge in [0, 0.05) is 16.7 Å². The van der Waals surface area contributed by atoms with Crippen LogP contribution in [0.25, 0.3) is 0 Å². The van der Waals surface area contributed by atoms with Crippen LogP contribution in [0.5, 0.6) is 5.75 Å². The summed E-state index contributed by atoms with van der Waals surface area (Å²) in [5.74, 6) is -0.233. The molecule has 1 aliphatic heterocycles. The molecular weight excluding hydrogens is 347 g/mol. The lowest BCUT2D eigenvalue weighted by Gasteiger charge is -2.28. The van der Waals surface area contributed by atoms with Gasteiger partial charge in [-0.3, -0.25) is 4.79 Å². The summed E-state index contributed by atoms with van der Waals surface area (Å²) in [5.41, 5.74) is 2.02. The van der Waals surface area contributed by atoms with Crippen molar-refractivity contribution in [3.05, 3.63) is 77.1 Å². The fourth-order valence-corrected chi connectivity index (χ4v) is 3.43. The first-order valence-electron chi connectivity index (χ1n) is 9.17. The zero-order chi connectivity index (χ0) is 18.6. The number of allylic oxidation sites excluding steroid dienone is 2. The zero-order valence-corrected chi connectivity index (χ0v) is 14.9. The number of fused-ring (bicyclic) bond motifs is 1. The third-order valence-corrected chi connectivity index (χ3v) is 4.87. The van der Waals surface area contributed by atoms with Crippen molar-refractivity contribution < 1.29 is 23.4 Å². The first kappa shape index (κ1) is 17.7. The average Bonchev–Trinajstić information content (AvgIpc) is 2.72. The van der Waals surface area contributed by atoms with Crippen LogP contribution >= 0.6 is 0 Å². The van der Waals surface area contributed by atoms with Crippen molar-refractivity contribution in [3.8, 4) is 5.75 Å². The summed E-state index contributed by atoms with van der Waals surface area (Å²) >= 11 is 0. The largest absolute Gasteiger partial charge is 0.460 e. The van der Waals surface area contributed by atoms with Gasteiger partial charge in [0.05, 0.1) is 12.5 Å². The number of carbonyl (C=O) groups is 1. The third-order valence-electron chi connectivity index (χ3n) is 4.87. The van der Waals surface area contributed by atoms with Gasteiger partial charge in [-0.1, -0.05) is 42.5 Å². The molecule has 0 aromatic heterocycles. The van der Waals surface area contributed by atoms with E-state index in [1.165, 1.54) is 12.1 Å². The highest BCUT2D eigenvalue weighted by Crippen LogP contribution is 2.37. The van der Waals surface area contributed by atoms with Crippen LogP contribution in [0.1, 0.15) is 42.2 Å². The number of esters is 1. The number of ether oxygens (including phenoxy) is 3. The summed E-state index contributed by atoms with van der Waals surface area (Å²) in [6, 6.07) is 12.3. The number of rotatable bonds is 4. The van der Waals surface area contributed by atoms with E-state index in [1.54, 1.807) is 0 Å². The Kier molecular flexibility index (Phi) is 5.21. The fourth-order valence-electron chi connectivity index (χ4n) is 3.43. The number of halogens is 1. The molecule has 0 amide bonds. The monoisotopic (exact) mass is 368 g/mol. The number of hydrogen-bond donors (Lipinski definition) is 0. The number of hydrogen-bond acceptors (Lipinski definition) is 4. The Hall–Kier alpha value is -2.66. The molecule has 0 unspecified atom stereocenters. The Bertz CT molecular complexity index is 847. The van der Waals surface area contributed by atoms with Gasteiger partial charge in [0.1, 0.15) is 18.2 Å². The van der Waals surface area contributed by atoms with E-state index >= 15 is 0 Å². The predicted octanol–water partition coefficient (Wildman–Crippen LogP) is 4.83. The maximum Gasteiger partial charge on any atom is 0.309 e. The van der Waals surface area contributed by atoms with Crippen molar-refractivity contribution in [1.82, 2.24) is 0 Å². The molecule has 1 aliphatic carbocycles. The summed E-state index contributed by atoms with van der Waals surface area (Å²) in [6.45, 7) is 0.224. The highest BCUT2D eigenvalue weighted by molar-refractivity contribution is 5.73. The average molecular weight is 368 g/mol. The molecule has 0 saturated carbocycles. The van der Waals surface area contributed by atoms with E-state index in [0.29, 0.717) is 23.3 Å². The van der Waals surface area contributed by atoms with Crippen molar-refractivity contribution in [2.45, 2.75) is 38.8 Å². The van der Waals surface area contributed by atoms with E-state index in [4.69, 9.17) is 14.2 Å². The summed E-state index contributed by atoms with van der Waals surface area (Å²) in [5, 5.41) is 0. The minimum atomic E-state index is -0.568. The molecule has 27 heavy (non-hydrogen) atoms. The van der Waals surface area contributed by atoms with Crippen LogP contribution < -0.4 is 4.74 Å². The normalized spacial score (nSPS) is 21.2. The van der Waals surface area contributed by atoms with Crippen LogP contribution in [-0.2, 0) is 27.5 Å². The highest BCUT2D eigenvalue weighted by Gasteiger charge is 2.26. The summed E-state index contributed by atoms with van der Waals surface area (Å²) < 4.78 is 31.2. The molecule has 0 N–H and O–H groups in total. The van der Waals surface area contributed by atoms with Crippen molar-refractivity contribution in [3.63, 3.8) is 0 Å². The van der Waals surface area contributed by atoms with Gasteiger partial charge in [0.2, 0.25) is 6.29 Å². The Morgan fingerprint density at radius 3 is 2.81 bits per heavy atom. The van der Waals surface area contributed by atoms with Crippen molar-refractivity contribution >= 4 is 5.97 Å². The Morgan fingerprint density at radius 1 is 1.19 bits per heavy atom. The summed E-state index contributed by atoms with van der Waals surface area (Å²) in [7, 11) is 0. The van der Waals surface area contributed by atoms with Crippen LogP contribution in [-0.4, -0.2) is 5.97 Å². The van der Waals surface area contributed by atoms with Crippen molar-refractivity contribution in [1.29, 1.82) is 0 Å². The Balaban J connectivity index is 1.51. The molecule has 2 aliphatic rings. The van der Waals surface area contributed by atoms with E-state index in [0.717, 1.165) is 18.4 Å². The lowest BCUT2D eigenvalue weighted by Crippen LogP contribution is -2.21. The molecule has 4 nitrogen and oxygen atoms in total. The Labute approximate surface area is 157 Å². The van der Waals surface area contributed by atoms with Gasteiger partial charge in [-0.25, -0.2) is 4.39 Å². The molecule has 0 bridgehead atoms. The van der Waals surface area contributed by atoms with Crippen molar-refractivity contribution in [2.24, 2.45) is 5.92 Å². The molecule has 0 spiro atoms. The standard InChI is InChI=1S/C22H21FO4/c23-19-11-17(13-25-21(24)15-7-3-1-4-8-15)20-18(12-19)14-26-22(27-20)16-9-5-2-6-10-16/h1-3,5-6,9-12,15,22H,4,7-8,13-14H2/t15-,22+/m0/s1. The molecule has 140 valence electrons. The fraction of sp³-hybridized carbons (Fsp3) is 0.318. The molecule has 5 heteroatoms. The smallest absolute Gasteiger partial charge is 0.309 e. The topological polar surface area (TPSA) is 44.8 Å². The minimum absolute atomic E-state index is 0.0132. The van der Waals surface area contributed by atoms with Gasteiger partial charge < -0.3 is 14.2 Å². The van der Waals surface area contributed by atoms with Crippen LogP contribution in [0.4, 0.5) is 4.39 Å². The first-order chi connectivity index (χ1) is 13.2. The van der Waals surface area contributed by atoms with Gasteiger partial charge in [0.25, 0.3) is 0 Å². The van der Waals surface area contributed by atoms with Crippen LogP contribution in [0.2, 0.25) is 0 Å². The van der Waals surface area contributed by atoms with Gasteiger partial charge in [0.15, 0.2) is 0 Å². The van der Waals surface area contributed by atoms with Gasteiger partial charge in [-0.05, 0) is 31.4 Å². The third kappa shape index (κ3) is 4.03.